The fourth-order valence-electron chi connectivity index (χ4n) is 1.38. The molecule has 0 spiro atoms. The van der Waals surface area contributed by atoms with Crippen LogP contribution in [0.15, 0.2) is 0 Å². The number of hydrogen-bond donors (Lipinski definition) is 0. The average Bonchev–Trinajstić information content (AvgIpc) is 2.34. The summed E-state index contributed by atoms with van der Waals surface area (Å²) in [5, 5.41) is 0. The molecule has 60 valence electrons. The second-order valence-electron chi connectivity index (χ2n) is 3.63. The summed E-state index contributed by atoms with van der Waals surface area (Å²) in [5.74, 6) is 0.695. The minimum Gasteiger partial charge on any atom is -0.378 e. The van der Waals surface area contributed by atoms with Crippen LogP contribution >= 0.6 is 0 Å². The highest BCUT2D eigenvalue weighted by atomic mass is 16.5. The molecule has 0 aromatic heterocycles. The van der Waals surface area contributed by atoms with Crippen molar-refractivity contribution >= 4 is 0 Å². The minimum atomic E-state index is 0.599. The molecule has 0 bridgehead atoms. The fraction of sp³-hybridized carbons (Fsp3) is 1.00. The average molecular weight is 142 g/mol. The van der Waals surface area contributed by atoms with Crippen molar-refractivity contribution in [2.24, 2.45) is 5.92 Å². The van der Waals surface area contributed by atoms with Gasteiger partial charge in [-0.2, -0.15) is 0 Å². The van der Waals surface area contributed by atoms with Gasteiger partial charge in [-0.3, -0.25) is 0 Å². The van der Waals surface area contributed by atoms with Gasteiger partial charge in [0.15, 0.2) is 0 Å². The van der Waals surface area contributed by atoms with Gasteiger partial charge in [-0.25, -0.2) is 0 Å². The Morgan fingerprint density at radius 2 is 1.90 bits per heavy atom. The Morgan fingerprint density at radius 3 is 2.40 bits per heavy atom. The molecule has 1 rings (SSSR count). The Morgan fingerprint density at radius 1 is 1.30 bits per heavy atom. The van der Waals surface area contributed by atoms with Crippen molar-refractivity contribution in [3.05, 3.63) is 0 Å². The van der Waals surface area contributed by atoms with E-state index in [0.717, 1.165) is 6.61 Å². The summed E-state index contributed by atoms with van der Waals surface area (Å²) in [6.45, 7) is 5.36. The van der Waals surface area contributed by atoms with E-state index in [0.29, 0.717) is 12.0 Å². The standard InChI is InChI=1S/C9H18O/c1-8(2)7-10-9-5-3-4-6-9/h8-9H,3-7H2,1-2H3. The lowest BCUT2D eigenvalue weighted by Crippen LogP contribution is -2.11. The maximum atomic E-state index is 5.66. The van der Waals surface area contributed by atoms with Gasteiger partial charge in [0.1, 0.15) is 0 Å². The van der Waals surface area contributed by atoms with Crippen molar-refractivity contribution in [1.82, 2.24) is 0 Å². The van der Waals surface area contributed by atoms with Gasteiger partial charge < -0.3 is 4.74 Å². The lowest BCUT2D eigenvalue weighted by atomic mass is 10.2. The monoisotopic (exact) mass is 142 g/mol. The lowest BCUT2D eigenvalue weighted by Gasteiger charge is -2.12. The second-order valence-corrected chi connectivity index (χ2v) is 3.63. The fourth-order valence-corrected chi connectivity index (χ4v) is 1.38. The SMILES string of the molecule is CC(C)COC1CCCC1. The molecule has 0 radical (unpaired) electrons. The molecule has 0 N–H and O–H groups in total. The van der Waals surface area contributed by atoms with Crippen LogP contribution in [-0.4, -0.2) is 12.7 Å². The summed E-state index contributed by atoms with van der Waals surface area (Å²) in [6, 6.07) is 0. The molecule has 1 heteroatoms. The zero-order chi connectivity index (χ0) is 7.40. The van der Waals surface area contributed by atoms with Crippen molar-refractivity contribution in [1.29, 1.82) is 0 Å². The molecule has 0 saturated heterocycles. The largest absolute Gasteiger partial charge is 0.378 e. The Labute approximate surface area is 63.8 Å². The zero-order valence-corrected chi connectivity index (χ0v) is 7.10. The van der Waals surface area contributed by atoms with E-state index in [1.807, 2.05) is 0 Å². The normalized spacial score (nSPS) is 20.7. The van der Waals surface area contributed by atoms with Crippen LogP contribution in [0.1, 0.15) is 39.5 Å². The van der Waals surface area contributed by atoms with E-state index in [2.05, 4.69) is 13.8 Å². The zero-order valence-electron chi connectivity index (χ0n) is 7.10. The minimum absolute atomic E-state index is 0.599. The van der Waals surface area contributed by atoms with E-state index in [9.17, 15) is 0 Å². The van der Waals surface area contributed by atoms with Crippen molar-refractivity contribution in [2.75, 3.05) is 6.61 Å². The van der Waals surface area contributed by atoms with Gasteiger partial charge in [0.05, 0.1) is 6.10 Å². The Kier molecular flexibility index (Phi) is 3.20. The van der Waals surface area contributed by atoms with Crippen LogP contribution in [-0.2, 0) is 4.74 Å². The Bertz CT molecular complexity index is 82.7. The van der Waals surface area contributed by atoms with E-state index in [-0.39, 0.29) is 0 Å². The topological polar surface area (TPSA) is 9.23 Å². The molecule has 1 aliphatic carbocycles. The molecule has 0 amide bonds. The van der Waals surface area contributed by atoms with Crippen LogP contribution in [0.3, 0.4) is 0 Å². The van der Waals surface area contributed by atoms with Crippen molar-refractivity contribution in [3.8, 4) is 0 Å². The first-order chi connectivity index (χ1) is 4.79. The summed E-state index contributed by atoms with van der Waals surface area (Å²) in [5.41, 5.74) is 0. The molecule has 0 aromatic carbocycles. The third-order valence-electron chi connectivity index (χ3n) is 1.97. The molecule has 1 nitrogen and oxygen atoms in total. The predicted molar refractivity (Wildman–Crippen MR) is 43.0 cm³/mol. The summed E-state index contributed by atoms with van der Waals surface area (Å²) in [7, 11) is 0. The molecule has 1 fully saturated rings. The van der Waals surface area contributed by atoms with Crippen LogP contribution in [0.2, 0.25) is 0 Å². The van der Waals surface area contributed by atoms with Gasteiger partial charge in [0.2, 0.25) is 0 Å². The van der Waals surface area contributed by atoms with E-state index in [1.165, 1.54) is 25.7 Å². The quantitative estimate of drug-likeness (QED) is 0.588. The van der Waals surface area contributed by atoms with Crippen LogP contribution < -0.4 is 0 Å². The van der Waals surface area contributed by atoms with Crippen LogP contribution in [0, 0.1) is 5.92 Å². The van der Waals surface area contributed by atoms with E-state index in [1.54, 1.807) is 0 Å². The summed E-state index contributed by atoms with van der Waals surface area (Å²) >= 11 is 0. The highest BCUT2D eigenvalue weighted by Crippen LogP contribution is 2.21. The first-order valence-electron chi connectivity index (χ1n) is 4.40. The van der Waals surface area contributed by atoms with Gasteiger partial charge in [0.25, 0.3) is 0 Å². The van der Waals surface area contributed by atoms with Gasteiger partial charge >= 0.3 is 0 Å². The van der Waals surface area contributed by atoms with Crippen molar-refractivity contribution < 1.29 is 4.74 Å². The molecule has 0 atom stereocenters. The summed E-state index contributed by atoms with van der Waals surface area (Å²) in [6.07, 6.45) is 5.95. The van der Waals surface area contributed by atoms with E-state index >= 15 is 0 Å². The first kappa shape index (κ1) is 8.06. The van der Waals surface area contributed by atoms with E-state index in [4.69, 9.17) is 4.74 Å². The second kappa shape index (κ2) is 3.97. The number of ether oxygens (including phenoxy) is 1. The van der Waals surface area contributed by atoms with Crippen molar-refractivity contribution in [2.45, 2.75) is 45.6 Å². The smallest absolute Gasteiger partial charge is 0.0575 e. The molecule has 1 saturated carbocycles. The Hall–Kier alpha value is -0.0400. The summed E-state index contributed by atoms with van der Waals surface area (Å²) < 4.78 is 5.66. The Balaban J connectivity index is 2.01. The molecule has 0 aliphatic heterocycles. The molecule has 0 unspecified atom stereocenters. The maximum Gasteiger partial charge on any atom is 0.0575 e. The molecular formula is C9H18O. The third kappa shape index (κ3) is 2.70. The van der Waals surface area contributed by atoms with Crippen LogP contribution in [0.5, 0.6) is 0 Å². The number of rotatable bonds is 3. The van der Waals surface area contributed by atoms with Gasteiger partial charge in [-0.05, 0) is 18.8 Å². The highest BCUT2D eigenvalue weighted by molar-refractivity contribution is 4.66. The predicted octanol–water partition coefficient (Wildman–Crippen LogP) is 2.60. The van der Waals surface area contributed by atoms with Gasteiger partial charge in [0, 0.05) is 6.61 Å². The van der Waals surface area contributed by atoms with Crippen LogP contribution in [0.25, 0.3) is 0 Å². The lowest BCUT2D eigenvalue weighted by molar-refractivity contribution is 0.0407. The molecule has 0 aromatic rings. The molecular weight excluding hydrogens is 124 g/mol. The molecule has 1 aliphatic rings. The van der Waals surface area contributed by atoms with Gasteiger partial charge in [-0.1, -0.05) is 26.7 Å². The van der Waals surface area contributed by atoms with E-state index < -0.39 is 0 Å². The molecule has 10 heavy (non-hydrogen) atoms. The summed E-state index contributed by atoms with van der Waals surface area (Å²) in [4.78, 5) is 0. The third-order valence-corrected chi connectivity index (χ3v) is 1.97. The highest BCUT2D eigenvalue weighted by Gasteiger charge is 2.14. The number of hydrogen-bond acceptors (Lipinski definition) is 1. The first-order valence-corrected chi connectivity index (χ1v) is 4.40. The van der Waals surface area contributed by atoms with Crippen molar-refractivity contribution in [3.63, 3.8) is 0 Å². The van der Waals surface area contributed by atoms with Gasteiger partial charge in [-0.15, -0.1) is 0 Å². The van der Waals surface area contributed by atoms with Crippen LogP contribution in [0.4, 0.5) is 0 Å². The maximum absolute atomic E-state index is 5.66. The molecule has 0 heterocycles.